The van der Waals surface area contributed by atoms with Gasteiger partial charge in [0.2, 0.25) is 0 Å². The van der Waals surface area contributed by atoms with Gasteiger partial charge in [-0.3, -0.25) is 9.97 Å². The fourth-order valence-corrected chi connectivity index (χ4v) is 2.00. The summed E-state index contributed by atoms with van der Waals surface area (Å²) in [6.07, 6.45) is 8.72. The third kappa shape index (κ3) is 3.00. The topological polar surface area (TPSA) is 64.9 Å². The van der Waals surface area contributed by atoms with Crippen molar-refractivity contribution < 1.29 is 4.74 Å². The Bertz CT molecular complexity index is 711. The zero-order chi connectivity index (χ0) is 14.5. The van der Waals surface area contributed by atoms with Gasteiger partial charge in [0.05, 0.1) is 49.3 Å². The lowest BCUT2D eigenvalue weighted by Gasteiger charge is -2.09. The van der Waals surface area contributed by atoms with E-state index in [1.165, 1.54) is 0 Å². The lowest BCUT2D eigenvalue weighted by molar-refractivity contribution is 0.413. The Kier molecular flexibility index (Phi) is 3.77. The van der Waals surface area contributed by atoms with E-state index in [1.807, 2.05) is 28.9 Å². The molecule has 0 unspecified atom stereocenters. The molecule has 3 rings (SSSR count). The summed E-state index contributed by atoms with van der Waals surface area (Å²) in [7, 11) is 1.62. The highest BCUT2D eigenvalue weighted by Crippen LogP contribution is 2.16. The van der Waals surface area contributed by atoms with E-state index in [0.717, 1.165) is 22.8 Å². The minimum Gasteiger partial charge on any atom is -0.495 e. The van der Waals surface area contributed by atoms with Gasteiger partial charge in [0.1, 0.15) is 5.75 Å². The van der Waals surface area contributed by atoms with Gasteiger partial charge in [-0.2, -0.15) is 5.10 Å². The van der Waals surface area contributed by atoms with Crippen molar-refractivity contribution in [3.63, 3.8) is 0 Å². The molecule has 106 valence electrons. The molecule has 0 radical (unpaired) electrons. The van der Waals surface area contributed by atoms with Crippen LogP contribution in [0.4, 0.5) is 5.69 Å². The fraction of sp³-hybridized carbons (Fsp3) is 0.133. The second-order valence-corrected chi connectivity index (χ2v) is 4.41. The summed E-state index contributed by atoms with van der Waals surface area (Å²) in [5.74, 6) is 0.723. The molecular weight excluding hydrogens is 266 g/mol. The SMILES string of the molecule is COc1cncc(NCc2ccnn2-c2cccnc2)c1. The van der Waals surface area contributed by atoms with E-state index in [-0.39, 0.29) is 0 Å². The maximum Gasteiger partial charge on any atom is 0.139 e. The van der Waals surface area contributed by atoms with Crippen LogP contribution in [0, 0.1) is 0 Å². The average molecular weight is 281 g/mol. The Morgan fingerprint density at radius 3 is 2.90 bits per heavy atom. The van der Waals surface area contributed by atoms with Gasteiger partial charge >= 0.3 is 0 Å². The highest BCUT2D eigenvalue weighted by atomic mass is 16.5. The Morgan fingerprint density at radius 1 is 1.14 bits per heavy atom. The van der Waals surface area contributed by atoms with Crippen molar-refractivity contribution >= 4 is 5.69 Å². The van der Waals surface area contributed by atoms with Crippen molar-refractivity contribution in [1.82, 2.24) is 19.7 Å². The Labute approximate surface area is 122 Å². The Morgan fingerprint density at radius 2 is 2.10 bits per heavy atom. The van der Waals surface area contributed by atoms with Crippen LogP contribution in [-0.2, 0) is 6.54 Å². The molecule has 1 N–H and O–H groups in total. The van der Waals surface area contributed by atoms with E-state index in [9.17, 15) is 0 Å². The second kappa shape index (κ2) is 6.04. The summed E-state index contributed by atoms with van der Waals surface area (Å²) in [6.45, 7) is 0.629. The predicted molar refractivity (Wildman–Crippen MR) is 79.5 cm³/mol. The molecule has 0 aliphatic carbocycles. The molecule has 0 aliphatic heterocycles. The van der Waals surface area contributed by atoms with Crippen molar-refractivity contribution in [1.29, 1.82) is 0 Å². The number of nitrogens with zero attached hydrogens (tertiary/aromatic N) is 4. The normalized spacial score (nSPS) is 10.3. The van der Waals surface area contributed by atoms with E-state index in [0.29, 0.717) is 6.54 Å². The van der Waals surface area contributed by atoms with E-state index in [4.69, 9.17) is 4.74 Å². The molecule has 3 aromatic heterocycles. The summed E-state index contributed by atoms with van der Waals surface area (Å²) in [5, 5.41) is 7.64. The van der Waals surface area contributed by atoms with Gasteiger partial charge in [0.25, 0.3) is 0 Å². The van der Waals surface area contributed by atoms with E-state index < -0.39 is 0 Å². The molecule has 21 heavy (non-hydrogen) atoms. The lowest BCUT2D eigenvalue weighted by Crippen LogP contribution is -2.07. The molecule has 0 aromatic carbocycles. The van der Waals surface area contributed by atoms with Crippen LogP contribution in [0.1, 0.15) is 5.69 Å². The highest BCUT2D eigenvalue weighted by Gasteiger charge is 2.05. The summed E-state index contributed by atoms with van der Waals surface area (Å²) >= 11 is 0. The van der Waals surface area contributed by atoms with Crippen LogP contribution in [0.25, 0.3) is 5.69 Å². The van der Waals surface area contributed by atoms with E-state index in [2.05, 4.69) is 20.4 Å². The fourth-order valence-electron chi connectivity index (χ4n) is 2.00. The molecule has 0 amide bonds. The molecule has 0 spiro atoms. The smallest absolute Gasteiger partial charge is 0.139 e. The summed E-state index contributed by atoms with van der Waals surface area (Å²) in [4.78, 5) is 8.23. The van der Waals surface area contributed by atoms with Gasteiger partial charge in [0.15, 0.2) is 0 Å². The third-order valence-corrected chi connectivity index (χ3v) is 3.03. The first-order valence-corrected chi connectivity index (χ1v) is 6.53. The van der Waals surface area contributed by atoms with Gasteiger partial charge in [-0.1, -0.05) is 0 Å². The number of ether oxygens (including phenoxy) is 1. The molecule has 0 aliphatic rings. The quantitative estimate of drug-likeness (QED) is 0.777. The first-order valence-electron chi connectivity index (χ1n) is 6.53. The maximum absolute atomic E-state index is 5.16. The van der Waals surface area contributed by atoms with Crippen LogP contribution < -0.4 is 10.1 Å². The van der Waals surface area contributed by atoms with Crippen LogP contribution in [0.2, 0.25) is 0 Å². The zero-order valence-corrected chi connectivity index (χ0v) is 11.6. The number of aromatic nitrogens is 4. The number of hydrogen-bond donors (Lipinski definition) is 1. The molecule has 6 nitrogen and oxygen atoms in total. The Balaban J connectivity index is 1.76. The average Bonchev–Trinajstić information content (AvgIpc) is 3.02. The molecule has 3 heterocycles. The van der Waals surface area contributed by atoms with E-state index in [1.54, 1.807) is 38.1 Å². The largest absolute Gasteiger partial charge is 0.495 e. The molecule has 0 fully saturated rings. The number of nitrogens with one attached hydrogen (secondary N) is 1. The molecule has 6 heteroatoms. The van der Waals surface area contributed by atoms with Gasteiger partial charge in [0, 0.05) is 18.5 Å². The van der Waals surface area contributed by atoms with Crippen molar-refractivity contribution in [2.24, 2.45) is 0 Å². The predicted octanol–water partition coefficient (Wildman–Crippen LogP) is 2.28. The van der Waals surface area contributed by atoms with Crippen molar-refractivity contribution in [2.45, 2.75) is 6.54 Å². The summed E-state index contributed by atoms with van der Waals surface area (Å²) < 4.78 is 7.01. The van der Waals surface area contributed by atoms with Crippen molar-refractivity contribution in [3.8, 4) is 11.4 Å². The molecule has 0 saturated carbocycles. The summed E-state index contributed by atoms with van der Waals surface area (Å²) in [6, 6.07) is 7.72. The minimum atomic E-state index is 0.629. The number of hydrogen-bond acceptors (Lipinski definition) is 5. The first kappa shape index (κ1) is 13.1. The lowest BCUT2D eigenvalue weighted by atomic mass is 10.3. The van der Waals surface area contributed by atoms with Gasteiger partial charge in [-0.15, -0.1) is 0 Å². The van der Waals surface area contributed by atoms with Crippen molar-refractivity contribution in [2.75, 3.05) is 12.4 Å². The number of methoxy groups -OCH3 is 1. The van der Waals surface area contributed by atoms with Gasteiger partial charge in [-0.05, 0) is 18.2 Å². The van der Waals surface area contributed by atoms with Gasteiger partial charge < -0.3 is 10.1 Å². The molecular formula is C15H15N5O. The number of pyridine rings is 2. The van der Waals surface area contributed by atoms with Crippen LogP contribution in [0.3, 0.4) is 0 Å². The monoisotopic (exact) mass is 281 g/mol. The molecule has 0 bridgehead atoms. The van der Waals surface area contributed by atoms with Gasteiger partial charge in [-0.25, -0.2) is 4.68 Å². The van der Waals surface area contributed by atoms with Crippen LogP contribution in [0.15, 0.2) is 55.2 Å². The summed E-state index contributed by atoms with van der Waals surface area (Å²) in [5.41, 5.74) is 2.86. The van der Waals surface area contributed by atoms with E-state index >= 15 is 0 Å². The second-order valence-electron chi connectivity index (χ2n) is 4.41. The highest BCUT2D eigenvalue weighted by molar-refractivity contribution is 5.45. The van der Waals surface area contributed by atoms with Crippen LogP contribution >= 0.6 is 0 Å². The molecule has 0 atom stereocenters. The number of anilines is 1. The molecule has 3 aromatic rings. The third-order valence-electron chi connectivity index (χ3n) is 3.03. The first-order chi connectivity index (χ1) is 10.4. The standard InChI is InChI=1S/C15H15N5O/c1-21-15-7-12(8-17-11-15)18-10-14-4-6-19-20(14)13-3-2-5-16-9-13/h2-9,11,18H,10H2,1H3. The maximum atomic E-state index is 5.16. The van der Waals surface area contributed by atoms with Crippen LogP contribution in [0.5, 0.6) is 5.75 Å². The molecule has 0 saturated heterocycles. The zero-order valence-electron chi connectivity index (χ0n) is 11.6. The van der Waals surface area contributed by atoms with Crippen molar-refractivity contribution in [3.05, 3.63) is 60.9 Å². The van der Waals surface area contributed by atoms with Crippen LogP contribution in [-0.4, -0.2) is 26.9 Å². The minimum absolute atomic E-state index is 0.629. The number of rotatable bonds is 5. The Hall–Kier alpha value is -2.89.